The Morgan fingerprint density at radius 2 is 1.95 bits per heavy atom. The molecule has 0 saturated carbocycles. The minimum atomic E-state index is -4.38. The number of thiazole rings is 1. The maximum Gasteiger partial charge on any atom is 0.427 e. The third kappa shape index (κ3) is 3.71. The monoisotopic (exact) mass is 302 g/mol. The average molecular weight is 302 g/mol. The molecule has 2 aromatic rings. The standard InChI is InChI=1S/C13H13F3N2OS/c1-8-2-4-9(5-3-8)10(19)6-17-12-18-7-11(20-12)13(14,15)16/h2-5,7,10,19H,6H2,1H3,(H,17,18). The van der Waals surface area contributed by atoms with Crippen molar-refractivity contribution in [3.8, 4) is 0 Å². The van der Waals surface area contributed by atoms with Gasteiger partial charge in [0.25, 0.3) is 0 Å². The molecule has 1 unspecified atom stereocenters. The number of rotatable bonds is 4. The van der Waals surface area contributed by atoms with Crippen LogP contribution < -0.4 is 5.32 Å². The lowest BCUT2D eigenvalue weighted by Gasteiger charge is -2.11. The molecule has 1 aromatic carbocycles. The van der Waals surface area contributed by atoms with Gasteiger partial charge in [-0.05, 0) is 12.5 Å². The number of aliphatic hydroxyl groups excluding tert-OH is 1. The van der Waals surface area contributed by atoms with Gasteiger partial charge in [0.15, 0.2) is 5.13 Å². The molecule has 0 aliphatic heterocycles. The Hall–Kier alpha value is -1.60. The van der Waals surface area contributed by atoms with Crippen LogP contribution in [-0.2, 0) is 6.18 Å². The number of nitrogens with zero attached hydrogens (tertiary/aromatic N) is 1. The molecular weight excluding hydrogens is 289 g/mol. The van der Waals surface area contributed by atoms with Gasteiger partial charge < -0.3 is 10.4 Å². The summed E-state index contributed by atoms with van der Waals surface area (Å²) in [5, 5.41) is 12.8. The molecule has 20 heavy (non-hydrogen) atoms. The number of hydrogen-bond donors (Lipinski definition) is 2. The second-order valence-electron chi connectivity index (χ2n) is 4.33. The predicted octanol–water partition coefficient (Wildman–Crippen LogP) is 3.62. The summed E-state index contributed by atoms with van der Waals surface area (Å²) >= 11 is 0.521. The number of nitrogens with one attached hydrogen (secondary N) is 1. The third-order valence-electron chi connectivity index (χ3n) is 2.69. The smallest absolute Gasteiger partial charge is 0.387 e. The number of anilines is 1. The second-order valence-corrected chi connectivity index (χ2v) is 5.37. The number of halogens is 3. The van der Waals surface area contributed by atoms with Crippen molar-refractivity contribution < 1.29 is 18.3 Å². The Labute approximate surface area is 118 Å². The molecule has 0 aliphatic rings. The zero-order chi connectivity index (χ0) is 14.8. The van der Waals surface area contributed by atoms with Crippen molar-refractivity contribution in [3.63, 3.8) is 0 Å². The highest BCUT2D eigenvalue weighted by Crippen LogP contribution is 2.35. The molecule has 3 nitrogen and oxygen atoms in total. The van der Waals surface area contributed by atoms with Crippen LogP contribution in [0.2, 0.25) is 0 Å². The second kappa shape index (κ2) is 5.80. The van der Waals surface area contributed by atoms with Gasteiger partial charge in [-0.15, -0.1) is 0 Å². The van der Waals surface area contributed by atoms with Crippen molar-refractivity contribution in [1.82, 2.24) is 4.98 Å². The highest BCUT2D eigenvalue weighted by Gasteiger charge is 2.33. The van der Waals surface area contributed by atoms with E-state index in [1.807, 2.05) is 19.1 Å². The summed E-state index contributed by atoms with van der Waals surface area (Å²) < 4.78 is 37.2. The summed E-state index contributed by atoms with van der Waals surface area (Å²) in [6.07, 6.45) is -4.40. The van der Waals surface area contributed by atoms with E-state index in [1.165, 1.54) is 0 Å². The van der Waals surface area contributed by atoms with Crippen molar-refractivity contribution >= 4 is 16.5 Å². The molecular formula is C13H13F3N2OS. The summed E-state index contributed by atoms with van der Waals surface area (Å²) in [5.74, 6) is 0. The van der Waals surface area contributed by atoms with Crippen molar-refractivity contribution in [2.24, 2.45) is 0 Å². The molecule has 0 fully saturated rings. The van der Waals surface area contributed by atoms with E-state index in [4.69, 9.17) is 0 Å². The van der Waals surface area contributed by atoms with Crippen molar-refractivity contribution in [2.45, 2.75) is 19.2 Å². The Kier molecular flexibility index (Phi) is 4.29. The molecule has 0 bridgehead atoms. The summed E-state index contributed by atoms with van der Waals surface area (Å²) in [6.45, 7) is 2.04. The number of aromatic nitrogens is 1. The van der Waals surface area contributed by atoms with E-state index in [2.05, 4.69) is 10.3 Å². The summed E-state index contributed by atoms with van der Waals surface area (Å²) in [4.78, 5) is 2.88. The highest BCUT2D eigenvalue weighted by molar-refractivity contribution is 7.15. The first-order valence-electron chi connectivity index (χ1n) is 5.88. The molecule has 0 saturated heterocycles. The molecule has 0 radical (unpaired) electrons. The van der Waals surface area contributed by atoms with E-state index in [-0.39, 0.29) is 11.7 Å². The number of aliphatic hydroxyl groups is 1. The molecule has 0 spiro atoms. The highest BCUT2D eigenvalue weighted by atomic mass is 32.1. The van der Waals surface area contributed by atoms with E-state index < -0.39 is 17.2 Å². The first kappa shape index (κ1) is 14.8. The third-order valence-corrected chi connectivity index (χ3v) is 3.69. The first-order chi connectivity index (χ1) is 9.36. The molecule has 7 heteroatoms. The van der Waals surface area contributed by atoms with Crippen LogP contribution >= 0.6 is 11.3 Å². The molecule has 0 amide bonds. The van der Waals surface area contributed by atoms with Gasteiger partial charge in [-0.2, -0.15) is 13.2 Å². The minimum absolute atomic E-state index is 0.105. The maximum atomic E-state index is 12.4. The maximum absolute atomic E-state index is 12.4. The fraction of sp³-hybridized carbons (Fsp3) is 0.308. The quantitative estimate of drug-likeness (QED) is 0.907. The van der Waals surface area contributed by atoms with Crippen LogP contribution in [0.4, 0.5) is 18.3 Å². The fourth-order valence-corrected chi connectivity index (χ4v) is 2.27. The lowest BCUT2D eigenvalue weighted by atomic mass is 10.1. The van der Waals surface area contributed by atoms with Gasteiger partial charge in [0.05, 0.1) is 12.3 Å². The summed E-state index contributed by atoms with van der Waals surface area (Å²) in [5.41, 5.74) is 1.78. The minimum Gasteiger partial charge on any atom is -0.387 e. The van der Waals surface area contributed by atoms with E-state index in [1.54, 1.807) is 12.1 Å². The van der Waals surface area contributed by atoms with Gasteiger partial charge in [-0.1, -0.05) is 41.2 Å². The lowest BCUT2D eigenvalue weighted by molar-refractivity contribution is -0.134. The summed E-state index contributed by atoms with van der Waals surface area (Å²) in [6, 6.07) is 7.29. The topological polar surface area (TPSA) is 45.1 Å². The van der Waals surface area contributed by atoms with Gasteiger partial charge in [0.2, 0.25) is 0 Å². The first-order valence-corrected chi connectivity index (χ1v) is 6.69. The molecule has 108 valence electrons. The van der Waals surface area contributed by atoms with E-state index >= 15 is 0 Å². The lowest BCUT2D eigenvalue weighted by Crippen LogP contribution is -2.11. The van der Waals surface area contributed by atoms with Crippen LogP contribution in [0.1, 0.15) is 22.1 Å². The van der Waals surface area contributed by atoms with Gasteiger partial charge >= 0.3 is 6.18 Å². The van der Waals surface area contributed by atoms with E-state index in [9.17, 15) is 18.3 Å². The van der Waals surface area contributed by atoms with Gasteiger partial charge in [-0.3, -0.25) is 0 Å². The van der Waals surface area contributed by atoms with Crippen LogP contribution in [0.3, 0.4) is 0 Å². The van der Waals surface area contributed by atoms with Crippen LogP contribution in [0.15, 0.2) is 30.5 Å². The van der Waals surface area contributed by atoms with Gasteiger partial charge in [-0.25, -0.2) is 4.98 Å². The Bertz CT molecular complexity index is 566. The molecule has 0 aliphatic carbocycles. The molecule has 2 rings (SSSR count). The summed E-state index contributed by atoms with van der Waals surface area (Å²) in [7, 11) is 0. The number of hydrogen-bond acceptors (Lipinski definition) is 4. The molecule has 1 atom stereocenters. The van der Waals surface area contributed by atoms with E-state index in [0.29, 0.717) is 16.9 Å². The van der Waals surface area contributed by atoms with Gasteiger partial charge in [0.1, 0.15) is 4.88 Å². The van der Waals surface area contributed by atoms with Gasteiger partial charge in [0, 0.05) is 6.54 Å². The Morgan fingerprint density at radius 3 is 2.50 bits per heavy atom. The number of benzene rings is 1. The molecule has 1 aromatic heterocycles. The Balaban J connectivity index is 1.95. The molecule has 2 N–H and O–H groups in total. The van der Waals surface area contributed by atoms with Crippen LogP contribution in [-0.4, -0.2) is 16.6 Å². The van der Waals surface area contributed by atoms with Crippen LogP contribution in [0.25, 0.3) is 0 Å². The van der Waals surface area contributed by atoms with Crippen LogP contribution in [0.5, 0.6) is 0 Å². The van der Waals surface area contributed by atoms with Crippen molar-refractivity contribution in [3.05, 3.63) is 46.5 Å². The number of aryl methyl sites for hydroxylation is 1. The zero-order valence-electron chi connectivity index (χ0n) is 10.6. The predicted molar refractivity (Wildman–Crippen MR) is 71.7 cm³/mol. The van der Waals surface area contributed by atoms with Crippen molar-refractivity contribution in [2.75, 3.05) is 11.9 Å². The largest absolute Gasteiger partial charge is 0.427 e. The average Bonchev–Trinajstić information content (AvgIpc) is 2.85. The van der Waals surface area contributed by atoms with Crippen molar-refractivity contribution in [1.29, 1.82) is 0 Å². The SMILES string of the molecule is Cc1ccc(C(O)CNc2ncc(C(F)(F)F)s2)cc1. The normalized spacial score (nSPS) is 13.2. The zero-order valence-corrected chi connectivity index (χ0v) is 11.4. The van der Waals surface area contributed by atoms with Crippen LogP contribution in [0, 0.1) is 6.92 Å². The fourth-order valence-electron chi connectivity index (χ4n) is 1.58. The molecule has 1 heterocycles. The van der Waals surface area contributed by atoms with E-state index in [0.717, 1.165) is 11.8 Å². The Morgan fingerprint density at radius 1 is 1.30 bits per heavy atom. The number of alkyl halides is 3.